The van der Waals surface area contributed by atoms with Crippen molar-refractivity contribution in [1.29, 1.82) is 0 Å². The van der Waals surface area contributed by atoms with E-state index in [0.29, 0.717) is 0 Å². The van der Waals surface area contributed by atoms with Gasteiger partial charge in [-0.25, -0.2) is 0 Å². The molecule has 0 aromatic rings. The Balaban J connectivity index is 0. The van der Waals surface area contributed by atoms with Crippen LogP contribution >= 0.6 is 0 Å². The van der Waals surface area contributed by atoms with E-state index in [1.165, 1.54) is 0 Å². The van der Waals surface area contributed by atoms with Crippen molar-refractivity contribution in [1.82, 2.24) is 0 Å². The van der Waals surface area contributed by atoms with Gasteiger partial charge in [-0.1, -0.05) is 0 Å². The molecule has 0 heterocycles. The third kappa shape index (κ3) is 8.83. The van der Waals surface area contributed by atoms with Gasteiger partial charge in [0.05, 0.1) is 0 Å². The van der Waals surface area contributed by atoms with Crippen LogP contribution in [0.2, 0.25) is 0 Å². The van der Waals surface area contributed by atoms with E-state index in [0.717, 1.165) is 19.5 Å². The van der Waals surface area contributed by atoms with Gasteiger partial charge in [-0.05, 0) is 19.5 Å². The molecule has 0 bridgehead atoms. The number of hydrogen-bond donors (Lipinski definition) is 2. The summed E-state index contributed by atoms with van der Waals surface area (Å²) in [5.41, 5.74) is 10.1. The summed E-state index contributed by atoms with van der Waals surface area (Å²) in [6.45, 7) is 1.44. The first-order valence-electron chi connectivity index (χ1n) is 1.82. The molecule has 2 nitrogen and oxygen atoms in total. The van der Waals surface area contributed by atoms with Gasteiger partial charge in [0, 0.05) is 16.5 Å². The van der Waals surface area contributed by atoms with Gasteiger partial charge >= 0.3 is 0 Å². The minimum absolute atomic E-state index is 0. The van der Waals surface area contributed by atoms with Gasteiger partial charge in [0.2, 0.25) is 0 Å². The summed E-state index contributed by atoms with van der Waals surface area (Å²) < 4.78 is 0. The van der Waals surface area contributed by atoms with Gasteiger partial charge in [-0.2, -0.15) is 0 Å². The molecule has 0 aliphatic heterocycles. The van der Waals surface area contributed by atoms with Crippen molar-refractivity contribution in [3.05, 3.63) is 0 Å². The molecule has 0 radical (unpaired) electrons. The fourth-order valence-corrected chi connectivity index (χ4v) is 0.118. The first-order chi connectivity index (χ1) is 2.41. The molecule has 42 valence electrons. The Hall–Kier alpha value is 0.414. The van der Waals surface area contributed by atoms with E-state index in [4.69, 9.17) is 11.5 Å². The van der Waals surface area contributed by atoms with Crippen LogP contribution in [0.4, 0.5) is 0 Å². The van der Waals surface area contributed by atoms with Crippen molar-refractivity contribution in [2.75, 3.05) is 13.1 Å². The van der Waals surface area contributed by atoms with Crippen molar-refractivity contribution in [3.63, 3.8) is 0 Å². The average molecular weight is 133 g/mol. The van der Waals surface area contributed by atoms with E-state index in [9.17, 15) is 0 Å². The molecule has 0 rings (SSSR count). The number of hydrogen-bond acceptors (Lipinski definition) is 2. The van der Waals surface area contributed by atoms with Crippen LogP contribution in [0.25, 0.3) is 0 Å². The van der Waals surface area contributed by atoms with Crippen molar-refractivity contribution in [3.8, 4) is 0 Å². The van der Waals surface area contributed by atoms with Crippen LogP contribution in [-0.4, -0.2) is 13.1 Å². The second-order valence-electron chi connectivity index (χ2n) is 0.931. The molecule has 0 aliphatic rings. The molecule has 0 saturated carbocycles. The second-order valence-corrected chi connectivity index (χ2v) is 0.931. The maximum absolute atomic E-state index is 5.06. The van der Waals surface area contributed by atoms with Gasteiger partial charge in [-0.15, -0.1) is 0 Å². The molecule has 0 fully saturated rings. The van der Waals surface area contributed by atoms with Crippen molar-refractivity contribution >= 4 is 0 Å². The minimum Gasteiger partial charge on any atom is -0.330 e. The summed E-state index contributed by atoms with van der Waals surface area (Å²) >= 11 is 0. The Bertz CT molecular complexity index is 16.3. The van der Waals surface area contributed by atoms with Crippen LogP contribution in [0.5, 0.6) is 0 Å². The van der Waals surface area contributed by atoms with E-state index in [1.54, 1.807) is 0 Å². The molecule has 0 spiro atoms. The first kappa shape index (κ1) is 9.65. The SMILES string of the molecule is NCCCN.[Ni]. The zero-order chi connectivity index (χ0) is 4.12. The molecule has 3 heteroatoms. The fourth-order valence-electron chi connectivity index (χ4n) is 0.118. The largest absolute Gasteiger partial charge is 0.330 e. The van der Waals surface area contributed by atoms with Crippen molar-refractivity contribution in [2.24, 2.45) is 11.5 Å². The summed E-state index contributed by atoms with van der Waals surface area (Å²) in [4.78, 5) is 0. The number of rotatable bonds is 2. The molecule has 0 aromatic carbocycles. The summed E-state index contributed by atoms with van der Waals surface area (Å²) in [5.74, 6) is 0. The van der Waals surface area contributed by atoms with Crippen LogP contribution in [-0.2, 0) is 16.5 Å². The Labute approximate surface area is 48.2 Å². The minimum atomic E-state index is 0. The molecular formula is C3H10N2Ni. The molecule has 0 saturated heterocycles. The Morgan fingerprint density at radius 1 is 1.00 bits per heavy atom. The topological polar surface area (TPSA) is 52.0 Å². The Kier molecular flexibility index (Phi) is 14.6. The van der Waals surface area contributed by atoms with Gasteiger partial charge < -0.3 is 11.5 Å². The predicted molar refractivity (Wildman–Crippen MR) is 22.7 cm³/mol. The van der Waals surface area contributed by atoms with Gasteiger partial charge in [-0.3, -0.25) is 0 Å². The smallest absolute Gasteiger partial charge is 0 e. The maximum atomic E-state index is 5.06. The standard InChI is InChI=1S/C3H10N2.Ni/c4-2-1-3-5;/h1-5H2;. The van der Waals surface area contributed by atoms with E-state index >= 15 is 0 Å². The molecule has 6 heavy (non-hydrogen) atoms. The van der Waals surface area contributed by atoms with E-state index in [-0.39, 0.29) is 16.5 Å². The van der Waals surface area contributed by atoms with Crippen LogP contribution in [0, 0.1) is 0 Å². The van der Waals surface area contributed by atoms with Crippen LogP contribution in [0.3, 0.4) is 0 Å². The van der Waals surface area contributed by atoms with Crippen LogP contribution < -0.4 is 11.5 Å². The Morgan fingerprint density at radius 3 is 1.33 bits per heavy atom. The van der Waals surface area contributed by atoms with E-state index in [1.807, 2.05) is 0 Å². The quantitative estimate of drug-likeness (QED) is 0.488. The zero-order valence-electron chi connectivity index (χ0n) is 3.59. The van der Waals surface area contributed by atoms with Gasteiger partial charge in [0.15, 0.2) is 0 Å². The summed E-state index contributed by atoms with van der Waals surface area (Å²) in [6, 6.07) is 0. The molecule has 4 N–H and O–H groups in total. The van der Waals surface area contributed by atoms with Crippen LogP contribution in [0.15, 0.2) is 0 Å². The summed E-state index contributed by atoms with van der Waals surface area (Å²) in [5, 5.41) is 0. The van der Waals surface area contributed by atoms with Crippen LogP contribution in [0.1, 0.15) is 6.42 Å². The van der Waals surface area contributed by atoms with E-state index < -0.39 is 0 Å². The second kappa shape index (κ2) is 9.05. The molecular weight excluding hydrogens is 123 g/mol. The fraction of sp³-hybridized carbons (Fsp3) is 1.00. The number of nitrogens with two attached hydrogens (primary N) is 2. The molecule has 0 unspecified atom stereocenters. The first-order valence-corrected chi connectivity index (χ1v) is 1.82. The van der Waals surface area contributed by atoms with Gasteiger partial charge in [0.1, 0.15) is 0 Å². The third-order valence-electron chi connectivity index (χ3n) is 0.408. The normalized spacial score (nSPS) is 7.00. The monoisotopic (exact) mass is 132 g/mol. The maximum Gasteiger partial charge on any atom is 0 e. The van der Waals surface area contributed by atoms with Gasteiger partial charge in [0.25, 0.3) is 0 Å². The molecule has 0 aromatic heterocycles. The van der Waals surface area contributed by atoms with E-state index in [2.05, 4.69) is 0 Å². The van der Waals surface area contributed by atoms with Crippen molar-refractivity contribution < 1.29 is 16.5 Å². The zero-order valence-corrected chi connectivity index (χ0v) is 4.58. The van der Waals surface area contributed by atoms with Crippen molar-refractivity contribution in [2.45, 2.75) is 6.42 Å². The third-order valence-corrected chi connectivity index (χ3v) is 0.408. The molecule has 0 amide bonds. The Morgan fingerprint density at radius 2 is 1.33 bits per heavy atom. The molecule has 0 aliphatic carbocycles. The summed E-state index contributed by atoms with van der Waals surface area (Å²) in [6.07, 6.45) is 0.944. The predicted octanol–water partition coefficient (Wildman–Crippen LogP) is -0.709. The summed E-state index contributed by atoms with van der Waals surface area (Å²) in [7, 11) is 0. The average Bonchev–Trinajstić information content (AvgIpc) is 1.41. The molecule has 0 atom stereocenters.